The van der Waals surface area contributed by atoms with E-state index < -0.39 is 0 Å². The summed E-state index contributed by atoms with van der Waals surface area (Å²) in [5, 5.41) is 0. The largest absolute Gasteiger partial charge is 0.469 e. The Bertz CT molecular complexity index is 241. The third-order valence-electron chi connectivity index (χ3n) is 2.14. The van der Waals surface area contributed by atoms with Gasteiger partial charge in [-0.25, -0.2) is 0 Å². The van der Waals surface area contributed by atoms with Crippen LogP contribution in [-0.4, -0.2) is 19.2 Å². The van der Waals surface area contributed by atoms with E-state index in [1.165, 1.54) is 6.08 Å². The molecule has 74 valence electrons. The summed E-state index contributed by atoms with van der Waals surface area (Å²) in [4.78, 5) is 11.4. The number of carbonyl (C=O) groups is 1. The van der Waals surface area contributed by atoms with E-state index in [0.717, 1.165) is 0 Å². The van der Waals surface area contributed by atoms with Gasteiger partial charge in [0.1, 0.15) is 0 Å². The van der Waals surface area contributed by atoms with Crippen molar-refractivity contribution in [3.05, 3.63) is 11.8 Å². The van der Waals surface area contributed by atoms with Crippen molar-refractivity contribution in [2.75, 3.05) is 7.11 Å². The van der Waals surface area contributed by atoms with Gasteiger partial charge in [-0.3, -0.25) is 4.79 Å². The molecular formula is C10H16O3. The van der Waals surface area contributed by atoms with Gasteiger partial charge < -0.3 is 9.47 Å². The number of ketones is 1. The molecule has 0 spiro atoms. The number of methoxy groups -OCH3 is 1. The first-order chi connectivity index (χ1) is 5.95. The van der Waals surface area contributed by atoms with Crippen LogP contribution in [0, 0.1) is 5.41 Å². The van der Waals surface area contributed by atoms with E-state index in [2.05, 4.69) is 0 Å². The third-order valence-corrected chi connectivity index (χ3v) is 2.14. The number of hydrogen-bond donors (Lipinski definition) is 0. The van der Waals surface area contributed by atoms with Crippen LogP contribution in [0.15, 0.2) is 11.8 Å². The number of rotatable bonds is 1. The van der Waals surface area contributed by atoms with Gasteiger partial charge in [-0.2, -0.15) is 0 Å². The first-order valence-electron chi connectivity index (χ1n) is 4.36. The molecule has 0 N–H and O–H groups in total. The number of hydrogen-bond acceptors (Lipinski definition) is 3. The molecular weight excluding hydrogens is 168 g/mol. The highest BCUT2D eigenvalue weighted by Gasteiger charge is 2.35. The summed E-state index contributed by atoms with van der Waals surface area (Å²) in [5.74, 6) is 0.726. The van der Waals surface area contributed by atoms with Gasteiger partial charge in [0.05, 0.1) is 5.76 Å². The lowest BCUT2D eigenvalue weighted by Gasteiger charge is -2.30. The predicted octanol–water partition coefficient (Wildman–Crippen LogP) is 1.88. The standard InChI is InChI=1S/C10H16O3/c1-7-5-8(11)6-10(2,3)9(12-4)13-7/h5,9H,6H2,1-4H3. The minimum Gasteiger partial charge on any atom is -0.469 e. The molecule has 0 radical (unpaired) electrons. The zero-order valence-corrected chi connectivity index (χ0v) is 8.59. The number of ether oxygens (including phenoxy) is 2. The highest BCUT2D eigenvalue weighted by atomic mass is 16.7. The molecule has 1 unspecified atom stereocenters. The van der Waals surface area contributed by atoms with Crippen LogP contribution in [0.4, 0.5) is 0 Å². The number of allylic oxidation sites excluding steroid dienone is 2. The average Bonchev–Trinajstić information content (AvgIpc) is 2.05. The normalized spacial score (nSPS) is 27.5. The summed E-state index contributed by atoms with van der Waals surface area (Å²) in [6.07, 6.45) is 1.65. The summed E-state index contributed by atoms with van der Waals surface area (Å²) < 4.78 is 10.7. The fourth-order valence-corrected chi connectivity index (χ4v) is 1.54. The van der Waals surface area contributed by atoms with Gasteiger partial charge in [-0.1, -0.05) is 13.8 Å². The molecule has 1 aliphatic rings. The van der Waals surface area contributed by atoms with Crippen molar-refractivity contribution in [1.82, 2.24) is 0 Å². The van der Waals surface area contributed by atoms with Crippen LogP contribution in [-0.2, 0) is 14.3 Å². The molecule has 1 rings (SSSR count). The molecule has 3 nitrogen and oxygen atoms in total. The Balaban J connectivity index is 2.88. The molecule has 0 aliphatic carbocycles. The van der Waals surface area contributed by atoms with Gasteiger partial charge in [-0.15, -0.1) is 0 Å². The van der Waals surface area contributed by atoms with Crippen LogP contribution in [0.25, 0.3) is 0 Å². The summed E-state index contributed by atoms with van der Waals surface area (Å²) >= 11 is 0. The molecule has 1 aliphatic heterocycles. The van der Waals surface area contributed by atoms with Crippen molar-refractivity contribution in [3.8, 4) is 0 Å². The van der Waals surface area contributed by atoms with Crippen LogP contribution in [0.2, 0.25) is 0 Å². The Morgan fingerprint density at radius 2 is 2.23 bits per heavy atom. The molecule has 0 saturated heterocycles. The van der Waals surface area contributed by atoms with Crippen LogP contribution in [0.3, 0.4) is 0 Å². The first-order valence-corrected chi connectivity index (χ1v) is 4.36. The van der Waals surface area contributed by atoms with Crippen molar-refractivity contribution in [1.29, 1.82) is 0 Å². The van der Waals surface area contributed by atoms with Crippen molar-refractivity contribution >= 4 is 5.78 Å². The van der Waals surface area contributed by atoms with E-state index in [1.807, 2.05) is 13.8 Å². The van der Waals surface area contributed by atoms with Crippen LogP contribution in [0.1, 0.15) is 27.2 Å². The third kappa shape index (κ3) is 2.31. The van der Waals surface area contributed by atoms with Crippen LogP contribution < -0.4 is 0 Å². The van der Waals surface area contributed by atoms with Gasteiger partial charge in [0, 0.05) is 25.0 Å². The van der Waals surface area contributed by atoms with Crippen molar-refractivity contribution < 1.29 is 14.3 Å². The van der Waals surface area contributed by atoms with Gasteiger partial charge in [-0.05, 0) is 6.92 Å². The van der Waals surface area contributed by atoms with E-state index >= 15 is 0 Å². The summed E-state index contributed by atoms with van der Waals surface area (Å²) in [6, 6.07) is 0. The molecule has 1 atom stereocenters. The molecule has 0 fully saturated rings. The fraction of sp³-hybridized carbons (Fsp3) is 0.700. The smallest absolute Gasteiger partial charge is 0.204 e. The van der Waals surface area contributed by atoms with E-state index in [1.54, 1.807) is 14.0 Å². The predicted molar refractivity (Wildman–Crippen MR) is 49.0 cm³/mol. The van der Waals surface area contributed by atoms with Crippen molar-refractivity contribution in [3.63, 3.8) is 0 Å². The molecule has 0 amide bonds. The monoisotopic (exact) mass is 184 g/mol. The van der Waals surface area contributed by atoms with Gasteiger partial charge in [0.25, 0.3) is 0 Å². The highest BCUT2D eigenvalue weighted by molar-refractivity contribution is 5.90. The number of carbonyl (C=O) groups excluding carboxylic acids is 1. The molecule has 0 aromatic carbocycles. The first kappa shape index (κ1) is 10.3. The molecule has 3 heteroatoms. The van der Waals surface area contributed by atoms with Crippen LogP contribution >= 0.6 is 0 Å². The Morgan fingerprint density at radius 1 is 1.62 bits per heavy atom. The zero-order chi connectivity index (χ0) is 10.1. The van der Waals surface area contributed by atoms with Gasteiger partial charge >= 0.3 is 0 Å². The highest BCUT2D eigenvalue weighted by Crippen LogP contribution is 2.32. The summed E-state index contributed by atoms with van der Waals surface area (Å²) in [6.45, 7) is 5.70. The summed E-state index contributed by atoms with van der Waals surface area (Å²) in [7, 11) is 1.59. The molecule has 0 aromatic rings. The van der Waals surface area contributed by atoms with Crippen molar-refractivity contribution in [2.24, 2.45) is 5.41 Å². The maximum Gasteiger partial charge on any atom is 0.204 e. The maximum atomic E-state index is 11.4. The molecule has 0 bridgehead atoms. The van der Waals surface area contributed by atoms with E-state index in [4.69, 9.17) is 9.47 Å². The van der Waals surface area contributed by atoms with Gasteiger partial charge in [0.15, 0.2) is 5.78 Å². The Labute approximate surface area is 78.7 Å². The van der Waals surface area contributed by atoms with Gasteiger partial charge in [0.2, 0.25) is 6.29 Å². The lowest BCUT2D eigenvalue weighted by atomic mass is 9.87. The molecule has 13 heavy (non-hydrogen) atoms. The van der Waals surface area contributed by atoms with Crippen molar-refractivity contribution in [2.45, 2.75) is 33.5 Å². The minimum absolute atomic E-state index is 0.0991. The van der Waals surface area contributed by atoms with E-state index in [0.29, 0.717) is 12.2 Å². The zero-order valence-electron chi connectivity index (χ0n) is 8.59. The second kappa shape index (κ2) is 3.50. The lowest BCUT2D eigenvalue weighted by Crippen LogP contribution is -2.33. The Kier molecular flexibility index (Phi) is 2.76. The summed E-state index contributed by atoms with van der Waals surface area (Å²) in [5.41, 5.74) is -0.264. The Morgan fingerprint density at radius 3 is 2.77 bits per heavy atom. The quantitative estimate of drug-likeness (QED) is 0.624. The minimum atomic E-state index is -0.338. The van der Waals surface area contributed by atoms with E-state index in [-0.39, 0.29) is 17.5 Å². The Hall–Kier alpha value is -0.830. The molecule has 0 saturated carbocycles. The topological polar surface area (TPSA) is 35.5 Å². The average molecular weight is 184 g/mol. The maximum absolute atomic E-state index is 11.4. The van der Waals surface area contributed by atoms with Crippen LogP contribution in [0.5, 0.6) is 0 Å². The van der Waals surface area contributed by atoms with E-state index in [9.17, 15) is 4.79 Å². The molecule has 1 heterocycles. The second-order valence-electron chi connectivity index (χ2n) is 4.07. The fourth-order valence-electron chi connectivity index (χ4n) is 1.54. The molecule has 0 aromatic heterocycles. The lowest BCUT2D eigenvalue weighted by molar-refractivity contribution is -0.160. The SMILES string of the molecule is COC1OC(C)=CC(=O)CC1(C)C. The second-order valence-corrected chi connectivity index (χ2v) is 4.07.